The Hall–Kier alpha value is -1.36. The normalized spacial score (nSPS) is 25.4. The molecule has 1 aromatic rings. The van der Waals surface area contributed by atoms with Gasteiger partial charge in [-0.15, -0.1) is 11.3 Å². The van der Waals surface area contributed by atoms with Gasteiger partial charge in [0.05, 0.1) is 0 Å². The number of fused-ring (bicyclic) bond motifs is 1. The number of rotatable bonds is 1. The minimum Gasteiger partial charge on any atom is -0.478 e. The first kappa shape index (κ1) is 9.21. The van der Waals surface area contributed by atoms with Crippen molar-refractivity contribution < 1.29 is 19.4 Å². The molecule has 0 bridgehead atoms. The summed E-state index contributed by atoms with van der Waals surface area (Å²) in [5.41, 5.74) is -0.651. The summed E-state index contributed by atoms with van der Waals surface area (Å²) in [6.45, 7) is 1.41. The molecule has 1 unspecified atom stereocenters. The van der Waals surface area contributed by atoms with Crippen LogP contribution in [0.3, 0.4) is 0 Å². The number of thiophene rings is 1. The van der Waals surface area contributed by atoms with E-state index >= 15 is 0 Å². The molecule has 0 saturated carbocycles. The summed E-state index contributed by atoms with van der Waals surface area (Å²) >= 11 is 1.28. The third kappa shape index (κ3) is 1.21. The number of hydrogen-bond acceptors (Lipinski definition) is 4. The van der Waals surface area contributed by atoms with Crippen LogP contribution in [0.1, 0.15) is 22.2 Å². The van der Waals surface area contributed by atoms with Crippen molar-refractivity contribution in [2.45, 2.75) is 18.9 Å². The number of carboxylic acid groups (broad SMARTS) is 1. The minimum atomic E-state index is -1.41. The molecule has 0 aliphatic carbocycles. The zero-order valence-electron chi connectivity index (χ0n) is 7.44. The molecule has 1 aliphatic rings. The zero-order valence-corrected chi connectivity index (χ0v) is 8.26. The first-order valence-corrected chi connectivity index (χ1v) is 4.94. The predicted octanol–water partition coefficient (Wildman–Crippen LogP) is 1.30. The summed E-state index contributed by atoms with van der Waals surface area (Å²) in [4.78, 5) is 22.8. The molecular formula is C9H8O4S. The molecule has 1 aliphatic heterocycles. The molecule has 0 radical (unpaired) electrons. The molecule has 0 amide bonds. The molecule has 0 aromatic carbocycles. The zero-order chi connectivity index (χ0) is 10.3. The summed E-state index contributed by atoms with van der Waals surface area (Å²) in [6, 6.07) is 1.77. The van der Waals surface area contributed by atoms with Crippen LogP contribution in [0.5, 0.6) is 0 Å². The monoisotopic (exact) mass is 212 g/mol. The second-order valence-corrected chi connectivity index (χ2v) is 4.29. The number of carboxylic acids is 1. The van der Waals surface area contributed by atoms with Crippen molar-refractivity contribution >= 4 is 23.3 Å². The van der Waals surface area contributed by atoms with Gasteiger partial charge in [0.1, 0.15) is 4.88 Å². The summed E-state index contributed by atoms with van der Waals surface area (Å²) < 4.78 is 4.89. The lowest BCUT2D eigenvalue weighted by Crippen LogP contribution is -2.45. The Morgan fingerprint density at radius 3 is 3.07 bits per heavy atom. The van der Waals surface area contributed by atoms with Gasteiger partial charge in [-0.05, 0) is 23.9 Å². The fraction of sp³-hybridized carbons (Fsp3) is 0.333. The lowest BCUT2D eigenvalue weighted by atomic mass is 9.94. The van der Waals surface area contributed by atoms with Gasteiger partial charge >= 0.3 is 11.9 Å². The van der Waals surface area contributed by atoms with E-state index in [9.17, 15) is 9.59 Å². The highest BCUT2D eigenvalue weighted by Gasteiger charge is 2.43. The van der Waals surface area contributed by atoms with Gasteiger partial charge in [-0.1, -0.05) is 0 Å². The Bertz CT molecular complexity index is 409. The molecule has 0 spiro atoms. The number of hydrogen-bond donors (Lipinski definition) is 1. The van der Waals surface area contributed by atoms with E-state index in [2.05, 4.69) is 0 Å². The minimum absolute atomic E-state index is 0.243. The maximum Gasteiger partial charge on any atom is 0.349 e. The average molecular weight is 212 g/mol. The van der Waals surface area contributed by atoms with Gasteiger partial charge in [-0.3, -0.25) is 0 Å². The second kappa shape index (κ2) is 2.81. The van der Waals surface area contributed by atoms with Crippen LogP contribution in [-0.2, 0) is 16.0 Å². The van der Waals surface area contributed by atoms with Gasteiger partial charge in [0, 0.05) is 6.42 Å². The van der Waals surface area contributed by atoms with E-state index in [0.717, 1.165) is 5.56 Å². The van der Waals surface area contributed by atoms with E-state index in [1.54, 1.807) is 11.4 Å². The van der Waals surface area contributed by atoms with Crippen LogP contribution in [-0.4, -0.2) is 22.6 Å². The van der Waals surface area contributed by atoms with Gasteiger partial charge in [0.15, 0.2) is 0 Å². The highest BCUT2D eigenvalue weighted by atomic mass is 32.1. The molecule has 74 valence electrons. The number of carbonyl (C=O) groups is 2. The Labute approximate surface area is 84.1 Å². The Kier molecular flexibility index (Phi) is 1.85. The summed E-state index contributed by atoms with van der Waals surface area (Å²) in [5, 5.41) is 10.7. The van der Waals surface area contributed by atoms with Gasteiger partial charge in [0.25, 0.3) is 0 Å². The maximum atomic E-state index is 11.4. The molecule has 14 heavy (non-hydrogen) atoms. The number of cyclic esters (lactones) is 1. The van der Waals surface area contributed by atoms with Crippen molar-refractivity contribution in [3.8, 4) is 0 Å². The number of carbonyl (C=O) groups excluding carboxylic acids is 1. The van der Waals surface area contributed by atoms with E-state index < -0.39 is 17.5 Å². The fourth-order valence-electron chi connectivity index (χ4n) is 1.42. The lowest BCUT2D eigenvalue weighted by molar-refractivity contribution is -0.157. The lowest BCUT2D eigenvalue weighted by Gasteiger charge is -2.28. The van der Waals surface area contributed by atoms with Gasteiger partial charge < -0.3 is 9.84 Å². The van der Waals surface area contributed by atoms with Crippen molar-refractivity contribution in [1.29, 1.82) is 0 Å². The van der Waals surface area contributed by atoms with Crippen LogP contribution in [0.2, 0.25) is 0 Å². The molecule has 2 heterocycles. The first-order chi connectivity index (χ1) is 6.53. The highest BCUT2D eigenvalue weighted by molar-refractivity contribution is 7.12. The van der Waals surface area contributed by atoms with Crippen molar-refractivity contribution in [1.82, 2.24) is 0 Å². The topological polar surface area (TPSA) is 63.6 Å². The fourth-order valence-corrected chi connectivity index (χ4v) is 2.22. The molecule has 4 nitrogen and oxygen atoms in total. The Balaban J connectivity index is 2.43. The summed E-state index contributed by atoms with van der Waals surface area (Å²) in [5.74, 6) is -1.64. The molecule has 5 heteroatoms. The highest BCUT2D eigenvalue weighted by Crippen LogP contribution is 2.31. The van der Waals surface area contributed by atoms with Crippen molar-refractivity contribution in [3.05, 3.63) is 21.9 Å². The molecule has 2 rings (SSSR count). The van der Waals surface area contributed by atoms with Crippen molar-refractivity contribution in [3.63, 3.8) is 0 Å². The number of aliphatic carboxylic acids is 1. The first-order valence-electron chi connectivity index (χ1n) is 4.06. The molecule has 1 aromatic heterocycles. The molecule has 1 atom stereocenters. The van der Waals surface area contributed by atoms with Gasteiger partial charge in [0.2, 0.25) is 5.60 Å². The predicted molar refractivity (Wildman–Crippen MR) is 49.5 cm³/mol. The number of esters is 1. The van der Waals surface area contributed by atoms with Gasteiger partial charge in [-0.2, -0.15) is 0 Å². The largest absolute Gasteiger partial charge is 0.478 e. The Morgan fingerprint density at radius 2 is 2.43 bits per heavy atom. The van der Waals surface area contributed by atoms with Crippen LogP contribution in [0, 0.1) is 0 Å². The van der Waals surface area contributed by atoms with E-state index in [1.165, 1.54) is 18.3 Å². The Morgan fingerprint density at radius 1 is 1.71 bits per heavy atom. The van der Waals surface area contributed by atoms with Crippen molar-refractivity contribution in [2.75, 3.05) is 0 Å². The average Bonchev–Trinajstić information content (AvgIpc) is 2.51. The smallest absolute Gasteiger partial charge is 0.349 e. The summed E-state index contributed by atoms with van der Waals surface area (Å²) in [6.07, 6.45) is 0.243. The molecule has 0 saturated heterocycles. The standard InChI is InChI=1S/C9H8O4S/c1-9(8(11)12)4-5-2-3-14-6(5)7(10)13-9/h2-3H,4H2,1H3,(H,11,12). The van der Waals surface area contributed by atoms with Crippen molar-refractivity contribution in [2.24, 2.45) is 0 Å². The van der Waals surface area contributed by atoms with Crippen LogP contribution in [0.25, 0.3) is 0 Å². The molecule has 1 N–H and O–H groups in total. The second-order valence-electron chi connectivity index (χ2n) is 3.38. The third-order valence-electron chi connectivity index (χ3n) is 2.23. The van der Waals surface area contributed by atoms with E-state index in [-0.39, 0.29) is 6.42 Å². The van der Waals surface area contributed by atoms with Crippen LogP contribution >= 0.6 is 11.3 Å². The van der Waals surface area contributed by atoms with Crippen LogP contribution in [0.4, 0.5) is 0 Å². The number of ether oxygens (including phenoxy) is 1. The quantitative estimate of drug-likeness (QED) is 0.713. The van der Waals surface area contributed by atoms with Crippen LogP contribution in [0.15, 0.2) is 11.4 Å². The van der Waals surface area contributed by atoms with E-state index in [1.807, 2.05) is 0 Å². The third-order valence-corrected chi connectivity index (χ3v) is 3.17. The van der Waals surface area contributed by atoms with E-state index in [4.69, 9.17) is 9.84 Å². The van der Waals surface area contributed by atoms with Gasteiger partial charge in [-0.25, -0.2) is 9.59 Å². The SMILES string of the molecule is CC1(C(=O)O)Cc2ccsc2C(=O)O1. The maximum absolute atomic E-state index is 11.4. The summed E-state index contributed by atoms with van der Waals surface area (Å²) in [7, 11) is 0. The van der Waals surface area contributed by atoms with E-state index in [0.29, 0.717) is 4.88 Å². The molecular weight excluding hydrogens is 204 g/mol. The van der Waals surface area contributed by atoms with Crippen LogP contribution < -0.4 is 0 Å². The molecule has 0 fully saturated rings.